The van der Waals surface area contributed by atoms with Gasteiger partial charge in [-0.15, -0.1) is 0 Å². The molecule has 1 aliphatic rings. The lowest BCUT2D eigenvalue weighted by atomic mass is 10.0. The number of rotatable bonds is 5. The van der Waals surface area contributed by atoms with E-state index in [1.165, 1.54) is 5.56 Å². The van der Waals surface area contributed by atoms with Crippen LogP contribution in [0, 0.1) is 0 Å². The van der Waals surface area contributed by atoms with Crippen molar-refractivity contribution in [2.75, 3.05) is 11.9 Å². The first kappa shape index (κ1) is 18.9. The number of imide groups is 1. The SMILES string of the molecule is CC(C)c1ccc(/C=C2\SC(=O)N(CC(=O)Nc3ccccc3)C2=O)cc1. The Hall–Kier alpha value is -2.86. The minimum absolute atomic E-state index is 0.302. The Morgan fingerprint density at radius 1 is 1.07 bits per heavy atom. The number of benzene rings is 2. The van der Waals surface area contributed by atoms with Crippen molar-refractivity contribution in [1.29, 1.82) is 0 Å². The number of carbonyl (C=O) groups is 3. The molecule has 0 bridgehead atoms. The highest BCUT2D eigenvalue weighted by Crippen LogP contribution is 2.32. The molecule has 1 heterocycles. The molecule has 1 N–H and O–H groups in total. The second kappa shape index (κ2) is 8.22. The largest absolute Gasteiger partial charge is 0.325 e. The number of nitrogens with zero attached hydrogens (tertiary/aromatic N) is 1. The maximum Gasteiger partial charge on any atom is 0.294 e. The van der Waals surface area contributed by atoms with Crippen LogP contribution in [0.4, 0.5) is 10.5 Å². The van der Waals surface area contributed by atoms with E-state index >= 15 is 0 Å². The lowest BCUT2D eigenvalue weighted by molar-refractivity contribution is -0.127. The fraction of sp³-hybridized carbons (Fsp3) is 0.190. The first-order chi connectivity index (χ1) is 12.9. The van der Waals surface area contributed by atoms with Gasteiger partial charge in [0.15, 0.2) is 0 Å². The molecule has 0 radical (unpaired) electrons. The summed E-state index contributed by atoms with van der Waals surface area (Å²) < 4.78 is 0. The Morgan fingerprint density at radius 2 is 1.74 bits per heavy atom. The molecule has 1 saturated heterocycles. The van der Waals surface area contributed by atoms with E-state index in [1.807, 2.05) is 30.3 Å². The predicted octanol–water partition coefficient (Wildman–Crippen LogP) is 4.49. The van der Waals surface area contributed by atoms with E-state index in [0.29, 0.717) is 16.5 Å². The molecule has 138 valence electrons. The van der Waals surface area contributed by atoms with Crippen molar-refractivity contribution >= 4 is 40.6 Å². The Balaban J connectivity index is 1.68. The van der Waals surface area contributed by atoms with Gasteiger partial charge in [0.25, 0.3) is 11.1 Å². The summed E-state index contributed by atoms with van der Waals surface area (Å²) in [6, 6.07) is 16.8. The highest BCUT2D eigenvalue weighted by molar-refractivity contribution is 8.18. The molecule has 2 aromatic carbocycles. The molecule has 0 unspecified atom stereocenters. The van der Waals surface area contributed by atoms with Crippen LogP contribution in [0.1, 0.15) is 30.9 Å². The molecule has 5 nitrogen and oxygen atoms in total. The zero-order chi connectivity index (χ0) is 19.4. The standard InChI is InChI=1S/C21H20N2O3S/c1-14(2)16-10-8-15(9-11-16)12-18-20(25)23(21(26)27-18)13-19(24)22-17-6-4-3-5-7-17/h3-12,14H,13H2,1-2H3,(H,22,24)/b18-12-. The van der Waals surface area contributed by atoms with Crippen LogP contribution in [0.5, 0.6) is 0 Å². The van der Waals surface area contributed by atoms with Crippen molar-refractivity contribution in [3.63, 3.8) is 0 Å². The molecule has 0 aliphatic carbocycles. The van der Waals surface area contributed by atoms with Crippen LogP contribution in [0.25, 0.3) is 6.08 Å². The average Bonchev–Trinajstić information content (AvgIpc) is 2.90. The number of thioether (sulfide) groups is 1. The second-order valence-corrected chi connectivity index (χ2v) is 7.50. The lowest BCUT2D eigenvalue weighted by Gasteiger charge is -2.12. The number of para-hydroxylation sites is 1. The van der Waals surface area contributed by atoms with Crippen molar-refractivity contribution in [3.05, 3.63) is 70.6 Å². The summed E-state index contributed by atoms with van der Waals surface area (Å²) in [7, 11) is 0. The van der Waals surface area contributed by atoms with Gasteiger partial charge in [-0.25, -0.2) is 0 Å². The average molecular weight is 380 g/mol. The summed E-state index contributed by atoms with van der Waals surface area (Å²) >= 11 is 0.854. The summed E-state index contributed by atoms with van der Waals surface area (Å²) in [5, 5.41) is 2.24. The van der Waals surface area contributed by atoms with Gasteiger partial charge in [0.05, 0.1) is 4.91 Å². The molecule has 0 saturated carbocycles. The maximum atomic E-state index is 12.5. The highest BCUT2D eigenvalue weighted by Gasteiger charge is 2.36. The Bertz CT molecular complexity index is 889. The molecule has 27 heavy (non-hydrogen) atoms. The van der Waals surface area contributed by atoms with Gasteiger partial charge in [0.2, 0.25) is 5.91 Å². The van der Waals surface area contributed by atoms with Crippen LogP contribution in [0.15, 0.2) is 59.5 Å². The number of nitrogens with one attached hydrogen (secondary N) is 1. The lowest BCUT2D eigenvalue weighted by Crippen LogP contribution is -2.36. The van der Waals surface area contributed by atoms with Gasteiger partial charge in [-0.1, -0.05) is 56.3 Å². The van der Waals surface area contributed by atoms with Crippen LogP contribution in [-0.4, -0.2) is 28.5 Å². The van der Waals surface area contributed by atoms with Gasteiger partial charge in [-0.05, 0) is 47.0 Å². The first-order valence-corrected chi connectivity index (χ1v) is 9.46. The monoisotopic (exact) mass is 380 g/mol. The quantitative estimate of drug-likeness (QED) is 0.777. The Morgan fingerprint density at radius 3 is 2.37 bits per heavy atom. The third kappa shape index (κ3) is 4.65. The third-order valence-electron chi connectivity index (χ3n) is 4.13. The van der Waals surface area contributed by atoms with E-state index in [9.17, 15) is 14.4 Å². The topological polar surface area (TPSA) is 66.5 Å². The molecular weight excluding hydrogens is 360 g/mol. The van der Waals surface area contributed by atoms with E-state index in [-0.39, 0.29) is 6.54 Å². The van der Waals surface area contributed by atoms with Crippen molar-refractivity contribution in [3.8, 4) is 0 Å². The Kier molecular flexibility index (Phi) is 5.76. The zero-order valence-corrected chi connectivity index (χ0v) is 16.0. The van der Waals surface area contributed by atoms with E-state index in [4.69, 9.17) is 0 Å². The van der Waals surface area contributed by atoms with E-state index < -0.39 is 17.1 Å². The smallest absolute Gasteiger partial charge is 0.294 e. The number of anilines is 1. The fourth-order valence-corrected chi connectivity index (χ4v) is 3.47. The number of hydrogen-bond acceptors (Lipinski definition) is 4. The highest BCUT2D eigenvalue weighted by atomic mass is 32.2. The number of carbonyl (C=O) groups excluding carboxylic acids is 3. The molecule has 0 atom stereocenters. The number of amides is 3. The molecular formula is C21H20N2O3S. The molecule has 6 heteroatoms. The zero-order valence-electron chi connectivity index (χ0n) is 15.1. The van der Waals surface area contributed by atoms with Gasteiger partial charge >= 0.3 is 0 Å². The minimum Gasteiger partial charge on any atom is -0.325 e. The van der Waals surface area contributed by atoms with E-state index in [0.717, 1.165) is 22.2 Å². The van der Waals surface area contributed by atoms with E-state index in [2.05, 4.69) is 19.2 Å². The van der Waals surface area contributed by atoms with E-state index in [1.54, 1.807) is 30.3 Å². The van der Waals surface area contributed by atoms with Gasteiger partial charge in [-0.2, -0.15) is 0 Å². The molecule has 0 aromatic heterocycles. The van der Waals surface area contributed by atoms with Crippen molar-refractivity contribution < 1.29 is 14.4 Å². The molecule has 1 aliphatic heterocycles. The van der Waals surface area contributed by atoms with Crippen LogP contribution in [0.3, 0.4) is 0 Å². The van der Waals surface area contributed by atoms with Gasteiger partial charge in [0, 0.05) is 5.69 Å². The molecule has 1 fully saturated rings. The maximum absolute atomic E-state index is 12.5. The second-order valence-electron chi connectivity index (χ2n) is 6.50. The molecule has 0 spiro atoms. The third-order valence-corrected chi connectivity index (χ3v) is 5.04. The summed E-state index contributed by atoms with van der Waals surface area (Å²) in [5.74, 6) is -0.429. The molecule has 3 amide bonds. The molecule has 2 aromatic rings. The van der Waals surface area contributed by atoms with Gasteiger partial charge < -0.3 is 5.32 Å². The predicted molar refractivity (Wildman–Crippen MR) is 108 cm³/mol. The van der Waals surface area contributed by atoms with Gasteiger partial charge in [0.1, 0.15) is 6.54 Å². The fourth-order valence-electron chi connectivity index (χ4n) is 2.63. The summed E-state index contributed by atoms with van der Waals surface area (Å²) in [5.41, 5.74) is 2.67. The van der Waals surface area contributed by atoms with Crippen LogP contribution in [-0.2, 0) is 9.59 Å². The number of hydrogen-bond donors (Lipinski definition) is 1. The summed E-state index contributed by atoms with van der Waals surface area (Å²) in [6.07, 6.45) is 1.68. The van der Waals surface area contributed by atoms with Crippen molar-refractivity contribution in [2.45, 2.75) is 19.8 Å². The minimum atomic E-state index is -0.443. The normalized spacial score (nSPS) is 15.7. The Labute approximate surface area is 162 Å². The first-order valence-electron chi connectivity index (χ1n) is 8.64. The summed E-state index contributed by atoms with van der Waals surface area (Å²) in [6.45, 7) is 3.92. The van der Waals surface area contributed by atoms with Crippen LogP contribution >= 0.6 is 11.8 Å². The summed E-state index contributed by atoms with van der Waals surface area (Å²) in [4.78, 5) is 38.1. The van der Waals surface area contributed by atoms with Crippen LogP contribution in [0.2, 0.25) is 0 Å². The molecule has 3 rings (SSSR count). The van der Waals surface area contributed by atoms with Crippen molar-refractivity contribution in [2.24, 2.45) is 0 Å². The van der Waals surface area contributed by atoms with Gasteiger partial charge in [-0.3, -0.25) is 19.3 Å². The van der Waals surface area contributed by atoms with Crippen LogP contribution < -0.4 is 5.32 Å². The van der Waals surface area contributed by atoms with Crippen molar-refractivity contribution in [1.82, 2.24) is 4.90 Å².